The lowest BCUT2D eigenvalue weighted by Gasteiger charge is -2.28. The van der Waals surface area contributed by atoms with Crippen molar-refractivity contribution >= 4 is 34.4 Å². The molecule has 1 saturated heterocycles. The highest BCUT2D eigenvalue weighted by Gasteiger charge is 2.31. The lowest BCUT2D eigenvalue weighted by Crippen LogP contribution is -2.37. The van der Waals surface area contributed by atoms with Gasteiger partial charge in [-0.3, -0.25) is 0 Å². The first-order valence-corrected chi connectivity index (χ1v) is 8.08. The van der Waals surface area contributed by atoms with Gasteiger partial charge in [0.2, 0.25) is 0 Å². The van der Waals surface area contributed by atoms with Crippen LogP contribution in [0.15, 0.2) is 28.8 Å². The highest BCUT2D eigenvalue weighted by Crippen LogP contribution is 2.38. The molecular weight excluding hydrogens is 332 g/mol. The van der Waals surface area contributed by atoms with E-state index in [9.17, 15) is 4.79 Å². The highest BCUT2D eigenvalue weighted by atomic mass is 35.5. The Morgan fingerprint density at radius 1 is 1.46 bits per heavy atom. The Morgan fingerprint density at radius 3 is 3.08 bits per heavy atom. The van der Waals surface area contributed by atoms with E-state index in [4.69, 9.17) is 27.0 Å². The summed E-state index contributed by atoms with van der Waals surface area (Å²) in [6, 6.07) is 5.49. The monoisotopic (exact) mass is 348 g/mol. The number of amides is 1. The zero-order valence-electron chi connectivity index (χ0n) is 12.8. The second-order valence-corrected chi connectivity index (χ2v) is 6.54. The van der Waals surface area contributed by atoms with E-state index in [-0.39, 0.29) is 6.04 Å². The largest absolute Gasteiger partial charge is 0.465 e. The standard InChI is InChI=1S/C16H17ClN4O3/c17-9-1-2-11-13(5-9)24-14-8-21(18)7-12(15(11)14)20-4-3-10(6-20)19-16(22)23/h1-2,5,7,10,19H,3-4,6,8,18H2,(H,22,23). The SMILES string of the molecule is NN1C=C(N2CCC(NC(=O)O)C2)c2c(oc3cc(Cl)ccc23)C1. The van der Waals surface area contributed by atoms with Crippen LogP contribution in [-0.2, 0) is 6.54 Å². The average molecular weight is 349 g/mol. The van der Waals surface area contributed by atoms with Gasteiger partial charge >= 0.3 is 6.09 Å². The van der Waals surface area contributed by atoms with E-state index in [0.717, 1.165) is 41.0 Å². The molecule has 0 saturated carbocycles. The van der Waals surface area contributed by atoms with Crippen LogP contribution in [0, 0.1) is 0 Å². The topological polar surface area (TPSA) is 95.0 Å². The van der Waals surface area contributed by atoms with Gasteiger partial charge < -0.3 is 24.7 Å². The van der Waals surface area contributed by atoms with Crippen molar-refractivity contribution in [1.29, 1.82) is 0 Å². The fraction of sp³-hybridized carbons (Fsp3) is 0.312. The molecule has 1 aromatic heterocycles. The molecule has 1 unspecified atom stereocenters. The Labute approximate surface area is 143 Å². The summed E-state index contributed by atoms with van der Waals surface area (Å²) in [5.41, 5.74) is 2.70. The smallest absolute Gasteiger partial charge is 0.404 e. The molecule has 4 N–H and O–H groups in total. The maximum atomic E-state index is 10.9. The molecule has 7 nitrogen and oxygen atoms in total. The molecule has 24 heavy (non-hydrogen) atoms. The Bertz CT molecular complexity index is 847. The van der Waals surface area contributed by atoms with Gasteiger partial charge in [0.1, 0.15) is 11.3 Å². The van der Waals surface area contributed by atoms with Gasteiger partial charge in [-0.2, -0.15) is 0 Å². The molecule has 8 heteroatoms. The van der Waals surface area contributed by atoms with Crippen molar-refractivity contribution in [2.24, 2.45) is 5.84 Å². The number of benzene rings is 1. The number of carbonyl (C=O) groups is 1. The summed E-state index contributed by atoms with van der Waals surface area (Å²) in [5.74, 6) is 6.80. The molecule has 0 aliphatic carbocycles. The highest BCUT2D eigenvalue weighted by molar-refractivity contribution is 6.31. The number of halogens is 1. The number of furan rings is 1. The maximum Gasteiger partial charge on any atom is 0.404 e. The number of nitrogens with zero attached hydrogens (tertiary/aromatic N) is 2. The normalized spacial score (nSPS) is 20.2. The molecule has 126 valence electrons. The van der Waals surface area contributed by atoms with Crippen LogP contribution in [-0.4, -0.2) is 40.2 Å². The number of fused-ring (bicyclic) bond motifs is 3. The minimum Gasteiger partial charge on any atom is -0.465 e. The van der Waals surface area contributed by atoms with Gasteiger partial charge in [-0.15, -0.1) is 0 Å². The van der Waals surface area contributed by atoms with Crippen molar-refractivity contribution in [2.75, 3.05) is 13.1 Å². The van der Waals surface area contributed by atoms with Crippen molar-refractivity contribution in [3.8, 4) is 0 Å². The van der Waals surface area contributed by atoms with Crippen molar-refractivity contribution in [2.45, 2.75) is 19.0 Å². The van der Waals surface area contributed by atoms with E-state index in [1.54, 1.807) is 11.1 Å². The van der Waals surface area contributed by atoms with Crippen molar-refractivity contribution in [3.05, 3.63) is 40.7 Å². The third-order valence-electron chi connectivity index (χ3n) is 4.45. The number of hydrazine groups is 1. The van der Waals surface area contributed by atoms with Gasteiger partial charge in [-0.25, -0.2) is 10.6 Å². The van der Waals surface area contributed by atoms with E-state index in [2.05, 4.69) is 10.2 Å². The number of nitrogens with two attached hydrogens (primary N) is 1. The summed E-state index contributed by atoms with van der Waals surface area (Å²) in [5, 5.41) is 14.6. The lowest BCUT2D eigenvalue weighted by molar-refractivity contribution is 0.190. The Kier molecular flexibility index (Phi) is 3.54. The van der Waals surface area contributed by atoms with E-state index < -0.39 is 6.09 Å². The van der Waals surface area contributed by atoms with Gasteiger partial charge in [0.05, 0.1) is 23.8 Å². The molecule has 2 aromatic rings. The predicted octanol–water partition coefficient (Wildman–Crippen LogP) is 2.42. The molecule has 2 aliphatic rings. The van der Waals surface area contributed by atoms with Crippen LogP contribution in [0.5, 0.6) is 0 Å². The van der Waals surface area contributed by atoms with Gasteiger partial charge in [0, 0.05) is 35.8 Å². The molecule has 1 fully saturated rings. The van der Waals surface area contributed by atoms with Crippen LogP contribution in [0.3, 0.4) is 0 Å². The fourth-order valence-corrected chi connectivity index (χ4v) is 3.62. The van der Waals surface area contributed by atoms with E-state index in [1.165, 1.54) is 0 Å². The first-order chi connectivity index (χ1) is 11.5. The molecule has 2 aliphatic heterocycles. The Hall–Kier alpha value is -2.38. The van der Waals surface area contributed by atoms with Gasteiger partial charge in [0.25, 0.3) is 0 Å². The average Bonchev–Trinajstić information content (AvgIpc) is 3.09. The van der Waals surface area contributed by atoms with Crippen LogP contribution >= 0.6 is 11.6 Å². The molecule has 1 atom stereocenters. The number of rotatable bonds is 2. The van der Waals surface area contributed by atoms with Gasteiger partial charge in [-0.05, 0) is 18.6 Å². The first-order valence-electron chi connectivity index (χ1n) is 7.70. The molecule has 1 amide bonds. The Morgan fingerprint density at radius 2 is 2.29 bits per heavy atom. The molecule has 0 spiro atoms. The van der Waals surface area contributed by atoms with Gasteiger partial charge in [0.15, 0.2) is 0 Å². The van der Waals surface area contributed by atoms with E-state index in [0.29, 0.717) is 18.1 Å². The molecule has 4 rings (SSSR count). The van der Waals surface area contributed by atoms with Crippen molar-refractivity contribution < 1.29 is 14.3 Å². The van der Waals surface area contributed by atoms with Crippen LogP contribution < -0.4 is 11.2 Å². The predicted molar refractivity (Wildman–Crippen MR) is 90.1 cm³/mol. The summed E-state index contributed by atoms with van der Waals surface area (Å²) in [7, 11) is 0. The van der Waals surface area contributed by atoms with E-state index in [1.807, 2.05) is 18.3 Å². The second kappa shape index (κ2) is 5.61. The Balaban J connectivity index is 1.72. The number of hydrogen-bond donors (Lipinski definition) is 3. The quantitative estimate of drug-likeness (QED) is 0.721. The third-order valence-corrected chi connectivity index (χ3v) is 4.69. The number of carboxylic acid groups (broad SMARTS) is 1. The van der Waals surface area contributed by atoms with Crippen LogP contribution in [0.1, 0.15) is 17.7 Å². The maximum absolute atomic E-state index is 10.9. The molecular formula is C16H17ClN4O3. The van der Waals surface area contributed by atoms with Crippen LogP contribution in [0.25, 0.3) is 16.7 Å². The van der Waals surface area contributed by atoms with Crippen molar-refractivity contribution in [3.63, 3.8) is 0 Å². The third kappa shape index (κ3) is 2.55. The summed E-state index contributed by atoms with van der Waals surface area (Å²) in [6.45, 7) is 1.84. The minimum absolute atomic E-state index is 0.0902. The number of likely N-dealkylation sites (tertiary alicyclic amines) is 1. The molecule has 0 radical (unpaired) electrons. The van der Waals surface area contributed by atoms with E-state index >= 15 is 0 Å². The second-order valence-electron chi connectivity index (χ2n) is 6.11. The molecule has 1 aromatic carbocycles. The molecule has 0 bridgehead atoms. The van der Waals surface area contributed by atoms with Crippen LogP contribution in [0.4, 0.5) is 4.79 Å². The number of nitrogens with one attached hydrogen (secondary N) is 1. The summed E-state index contributed by atoms with van der Waals surface area (Å²) in [6.07, 6.45) is 1.64. The first kappa shape index (κ1) is 15.2. The summed E-state index contributed by atoms with van der Waals surface area (Å²) in [4.78, 5) is 13.0. The minimum atomic E-state index is -0.996. The van der Waals surface area contributed by atoms with Gasteiger partial charge in [-0.1, -0.05) is 11.6 Å². The lowest BCUT2D eigenvalue weighted by atomic mass is 10.0. The fourth-order valence-electron chi connectivity index (χ4n) is 3.46. The molecule has 3 heterocycles. The summed E-state index contributed by atoms with van der Waals surface area (Å²) >= 11 is 6.06. The summed E-state index contributed by atoms with van der Waals surface area (Å²) < 4.78 is 5.94. The zero-order valence-corrected chi connectivity index (χ0v) is 13.6. The number of hydrogen-bond acceptors (Lipinski definition) is 5. The zero-order chi connectivity index (χ0) is 16.8. The van der Waals surface area contributed by atoms with Crippen molar-refractivity contribution in [1.82, 2.24) is 15.2 Å². The van der Waals surface area contributed by atoms with Crippen LogP contribution in [0.2, 0.25) is 5.02 Å².